The fourth-order valence-corrected chi connectivity index (χ4v) is 3.28. The van der Waals surface area contributed by atoms with Crippen LogP contribution in [-0.2, 0) is 11.8 Å². The Kier molecular flexibility index (Phi) is 6.42. The molecule has 0 bridgehead atoms. The minimum absolute atomic E-state index is 0.0720. The number of carbonyl (C=O) groups excluding carboxylic acids is 2. The number of carbonyl (C=O) groups is 2. The molecular weight excluding hydrogens is 449 g/mol. The Hall–Kier alpha value is -2.72. The molecule has 3 aromatic rings. The van der Waals surface area contributed by atoms with Gasteiger partial charge in [-0.2, -0.15) is 0 Å². The van der Waals surface area contributed by atoms with Gasteiger partial charge in [-0.3, -0.25) is 9.59 Å². The molecular formula is C18H15BrFN5O2S. The van der Waals surface area contributed by atoms with Crippen LogP contribution < -0.4 is 10.6 Å². The monoisotopic (exact) mass is 463 g/mol. The van der Waals surface area contributed by atoms with Crippen LogP contribution in [0.4, 0.5) is 15.8 Å². The Morgan fingerprint density at radius 3 is 2.75 bits per heavy atom. The van der Waals surface area contributed by atoms with Gasteiger partial charge in [0.05, 0.1) is 11.4 Å². The zero-order chi connectivity index (χ0) is 20.1. The third-order valence-corrected chi connectivity index (χ3v) is 5.12. The smallest absolute Gasteiger partial charge is 0.255 e. The van der Waals surface area contributed by atoms with Crippen LogP contribution in [0.1, 0.15) is 10.4 Å². The van der Waals surface area contributed by atoms with Gasteiger partial charge in [0.15, 0.2) is 5.16 Å². The lowest BCUT2D eigenvalue weighted by molar-refractivity contribution is -0.113. The van der Waals surface area contributed by atoms with Crippen molar-refractivity contribution in [2.45, 2.75) is 5.16 Å². The summed E-state index contributed by atoms with van der Waals surface area (Å²) in [4.78, 5) is 24.5. The molecule has 144 valence electrons. The lowest BCUT2D eigenvalue weighted by Crippen LogP contribution is -2.16. The van der Waals surface area contributed by atoms with E-state index in [1.807, 2.05) is 0 Å². The van der Waals surface area contributed by atoms with Gasteiger partial charge in [0, 0.05) is 22.8 Å². The lowest BCUT2D eigenvalue weighted by atomic mass is 10.2. The fraction of sp³-hybridized carbons (Fsp3) is 0.111. The third kappa shape index (κ3) is 5.17. The minimum Gasteiger partial charge on any atom is -0.325 e. The summed E-state index contributed by atoms with van der Waals surface area (Å²) in [5.74, 6) is -1.13. The first-order chi connectivity index (χ1) is 13.4. The van der Waals surface area contributed by atoms with Crippen LogP contribution in [-0.4, -0.2) is 32.3 Å². The summed E-state index contributed by atoms with van der Waals surface area (Å²) in [5, 5.41) is 13.5. The average Bonchev–Trinajstić information content (AvgIpc) is 3.07. The molecule has 0 aliphatic carbocycles. The summed E-state index contributed by atoms with van der Waals surface area (Å²) in [6.07, 6.45) is 1.55. The lowest BCUT2D eigenvalue weighted by Gasteiger charge is -2.09. The van der Waals surface area contributed by atoms with Gasteiger partial charge < -0.3 is 15.2 Å². The molecule has 0 atom stereocenters. The number of halogens is 2. The number of nitrogens with zero attached hydrogens (tertiary/aromatic N) is 3. The van der Waals surface area contributed by atoms with Crippen molar-refractivity contribution < 1.29 is 14.0 Å². The number of rotatable bonds is 6. The molecule has 0 aliphatic heterocycles. The molecule has 3 rings (SSSR count). The molecule has 2 amide bonds. The van der Waals surface area contributed by atoms with E-state index in [4.69, 9.17) is 0 Å². The van der Waals surface area contributed by atoms with Crippen molar-refractivity contribution in [1.82, 2.24) is 14.8 Å². The zero-order valence-electron chi connectivity index (χ0n) is 14.6. The van der Waals surface area contributed by atoms with Crippen molar-refractivity contribution in [1.29, 1.82) is 0 Å². The standard InChI is InChI=1S/C18H15BrFN5O2S/c1-25-10-21-24-18(25)28-9-16(26)22-13-4-2-3-11(7-13)17(27)23-15-6-5-12(19)8-14(15)20/h2-8,10H,9H2,1H3,(H,22,26)(H,23,27). The summed E-state index contributed by atoms with van der Waals surface area (Å²) in [6, 6.07) is 10.8. The topological polar surface area (TPSA) is 88.9 Å². The van der Waals surface area contributed by atoms with Gasteiger partial charge in [0.2, 0.25) is 5.91 Å². The molecule has 10 heteroatoms. The van der Waals surface area contributed by atoms with Crippen LogP contribution in [0.5, 0.6) is 0 Å². The maximum atomic E-state index is 13.9. The minimum atomic E-state index is -0.548. The largest absolute Gasteiger partial charge is 0.325 e. The maximum absolute atomic E-state index is 13.9. The van der Waals surface area contributed by atoms with Crippen molar-refractivity contribution in [3.05, 3.63) is 64.6 Å². The van der Waals surface area contributed by atoms with E-state index in [-0.39, 0.29) is 17.3 Å². The van der Waals surface area contributed by atoms with Gasteiger partial charge in [-0.1, -0.05) is 33.8 Å². The number of aromatic nitrogens is 3. The Bertz CT molecular complexity index is 1030. The second-order valence-corrected chi connectivity index (χ2v) is 7.58. The Labute approximate surface area is 172 Å². The van der Waals surface area contributed by atoms with E-state index < -0.39 is 11.7 Å². The second-order valence-electron chi connectivity index (χ2n) is 5.72. The number of benzene rings is 2. The molecule has 0 unspecified atom stereocenters. The van der Waals surface area contributed by atoms with E-state index in [9.17, 15) is 14.0 Å². The highest BCUT2D eigenvalue weighted by molar-refractivity contribution is 9.10. The highest BCUT2D eigenvalue weighted by atomic mass is 79.9. The average molecular weight is 464 g/mol. The quantitative estimate of drug-likeness (QED) is 0.544. The number of aryl methyl sites for hydroxylation is 1. The van der Waals surface area contributed by atoms with Gasteiger partial charge in [0.25, 0.3) is 5.91 Å². The van der Waals surface area contributed by atoms with E-state index in [0.717, 1.165) is 0 Å². The van der Waals surface area contributed by atoms with E-state index >= 15 is 0 Å². The van der Waals surface area contributed by atoms with Crippen LogP contribution in [0.25, 0.3) is 0 Å². The first-order valence-corrected chi connectivity index (χ1v) is 9.83. The van der Waals surface area contributed by atoms with E-state index in [2.05, 4.69) is 36.8 Å². The molecule has 2 aromatic carbocycles. The predicted octanol–water partition coefficient (Wildman–Crippen LogP) is 3.70. The Balaban J connectivity index is 1.62. The van der Waals surface area contributed by atoms with Crippen LogP contribution in [0.2, 0.25) is 0 Å². The molecule has 0 saturated heterocycles. The van der Waals surface area contributed by atoms with E-state index in [1.165, 1.54) is 30.0 Å². The third-order valence-electron chi connectivity index (χ3n) is 3.59. The molecule has 0 spiro atoms. The van der Waals surface area contributed by atoms with Gasteiger partial charge in [-0.05, 0) is 36.4 Å². The summed E-state index contributed by atoms with van der Waals surface area (Å²) >= 11 is 4.41. The van der Waals surface area contributed by atoms with E-state index in [1.54, 1.807) is 42.2 Å². The van der Waals surface area contributed by atoms with Crippen molar-refractivity contribution in [3.63, 3.8) is 0 Å². The molecule has 0 radical (unpaired) electrons. The number of hydrogen-bond acceptors (Lipinski definition) is 5. The first kappa shape index (κ1) is 20.0. The predicted molar refractivity (Wildman–Crippen MR) is 109 cm³/mol. The normalized spacial score (nSPS) is 10.5. The maximum Gasteiger partial charge on any atom is 0.255 e. The van der Waals surface area contributed by atoms with Crippen LogP contribution in [0.15, 0.2) is 58.4 Å². The molecule has 28 heavy (non-hydrogen) atoms. The number of hydrogen-bond donors (Lipinski definition) is 2. The van der Waals surface area contributed by atoms with Crippen molar-refractivity contribution in [2.75, 3.05) is 16.4 Å². The number of amides is 2. The van der Waals surface area contributed by atoms with Crippen molar-refractivity contribution in [3.8, 4) is 0 Å². The molecule has 2 N–H and O–H groups in total. The number of nitrogens with one attached hydrogen (secondary N) is 2. The highest BCUT2D eigenvalue weighted by Gasteiger charge is 2.12. The van der Waals surface area contributed by atoms with Crippen molar-refractivity contribution in [2.24, 2.45) is 7.05 Å². The van der Waals surface area contributed by atoms with Crippen molar-refractivity contribution >= 4 is 50.9 Å². The molecule has 1 heterocycles. The Morgan fingerprint density at radius 1 is 1.21 bits per heavy atom. The molecule has 7 nitrogen and oxygen atoms in total. The summed E-state index contributed by atoms with van der Waals surface area (Å²) in [7, 11) is 1.79. The van der Waals surface area contributed by atoms with Gasteiger partial charge >= 0.3 is 0 Å². The molecule has 0 fully saturated rings. The zero-order valence-corrected chi connectivity index (χ0v) is 17.1. The molecule has 0 saturated carbocycles. The van der Waals surface area contributed by atoms with Gasteiger partial charge in [0.1, 0.15) is 12.1 Å². The van der Waals surface area contributed by atoms with Gasteiger partial charge in [-0.15, -0.1) is 10.2 Å². The summed E-state index contributed by atoms with van der Waals surface area (Å²) in [6.45, 7) is 0. The van der Waals surface area contributed by atoms with E-state index in [0.29, 0.717) is 20.9 Å². The summed E-state index contributed by atoms with van der Waals surface area (Å²) in [5.41, 5.74) is 0.830. The Morgan fingerprint density at radius 2 is 2.04 bits per heavy atom. The van der Waals surface area contributed by atoms with Gasteiger partial charge in [-0.25, -0.2) is 4.39 Å². The van der Waals surface area contributed by atoms with Crippen LogP contribution >= 0.6 is 27.7 Å². The second kappa shape index (κ2) is 8.98. The fourth-order valence-electron chi connectivity index (χ4n) is 2.25. The molecule has 0 aliphatic rings. The highest BCUT2D eigenvalue weighted by Crippen LogP contribution is 2.21. The summed E-state index contributed by atoms with van der Waals surface area (Å²) < 4.78 is 16.2. The number of anilines is 2. The van der Waals surface area contributed by atoms with Crippen LogP contribution in [0.3, 0.4) is 0 Å². The van der Waals surface area contributed by atoms with Crippen LogP contribution in [0, 0.1) is 5.82 Å². The first-order valence-electron chi connectivity index (χ1n) is 8.05. The SMILES string of the molecule is Cn1cnnc1SCC(=O)Nc1cccc(C(=O)Nc2ccc(Br)cc2F)c1. The number of thioether (sulfide) groups is 1. The molecule has 1 aromatic heterocycles.